The van der Waals surface area contributed by atoms with E-state index in [9.17, 15) is 4.79 Å². The Hall–Kier alpha value is -1.71. The number of halogens is 1. The molecule has 28 heavy (non-hydrogen) atoms. The molecule has 0 aliphatic rings. The van der Waals surface area contributed by atoms with Crippen LogP contribution in [0.15, 0.2) is 29.3 Å². The fourth-order valence-corrected chi connectivity index (χ4v) is 2.27. The number of benzene rings is 1. The maximum absolute atomic E-state index is 12.0. The van der Waals surface area contributed by atoms with Crippen LogP contribution in [0.4, 0.5) is 4.79 Å². The lowest BCUT2D eigenvalue weighted by atomic mass is 10.1. The van der Waals surface area contributed by atoms with Crippen LogP contribution < -0.4 is 20.7 Å². The van der Waals surface area contributed by atoms with Crippen molar-refractivity contribution in [2.75, 3.05) is 20.2 Å². The summed E-state index contributed by atoms with van der Waals surface area (Å²) in [5, 5.41) is 9.36. The molecule has 0 atom stereocenters. The van der Waals surface area contributed by atoms with Crippen molar-refractivity contribution in [3.63, 3.8) is 0 Å². The monoisotopic (exact) mass is 506 g/mol. The van der Waals surface area contributed by atoms with E-state index in [4.69, 9.17) is 9.47 Å². The number of hydrogen-bond donors (Lipinski definition) is 3. The number of hydrogen-bond acceptors (Lipinski definition) is 4. The molecule has 0 bridgehead atoms. The summed E-state index contributed by atoms with van der Waals surface area (Å²) >= 11 is 0. The van der Waals surface area contributed by atoms with Crippen LogP contribution in [0.3, 0.4) is 0 Å². The molecular formula is C20H35IN4O3. The van der Waals surface area contributed by atoms with E-state index in [1.54, 1.807) is 7.05 Å². The number of ether oxygens (including phenoxy) is 2. The summed E-state index contributed by atoms with van der Waals surface area (Å²) in [5.74, 6) is 1.50. The first-order valence-corrected chi connectivity index (χ1v) is 9.22. The highest BCUT2D eigenvalue weighted by Gasteiger charge is 2.24. The summed E-state index contributed by atoms with van der Waals surface area (Å²) in [6.45, 7) is 13.0. The van der Waals surface area contributed by atoms with E-state index >= 15 is 0 Å². The average Bonchev–Trinajstić information content (AvgIpc) is 2.54. The SMILES string of the molecule is CCOc1ccccc1CNC(=NC)NCC(C)(C)NC(=O)OC(C)(C)C.I. The van der Waals surface area contributed by atoms with Gasteiger partial charge in [0.2, 0.25) is 0 Å². The molecule has 160 valence electrons. The summed E-state index contributed by atoms with van der Waals surface area (Å²) in [6, 6.07) is 7.89. The number of alkyl carbamates (subject to hydrolysis) is 1. The Morgan fingerprint density at radius 2 is 1.75 bits per heavy atom. The standard InChI is InChI=1S/C20H34N4O3.HI/c1-8-26-16-12-10-9-11-15(16)13-22-17(21-7)23-14-20(5,6)24-18(25)27-19(2,3)4;/h9-12H,8,13-14H2,1-7H3,(H,24,25)(H2,21,22,23);1H. The van der Waals surface area contributed by atoms with Gasteiger partial charge in [-0.3, -0.25) is 4.99 Å². The van der Waals surface area contributed by atoms with Crippen molar-refractivity contribution < 1.29 is 14.3 Å². The number of nitrogens with one attached hydrogen (secondary N) is 3. The molecule has 1 aromatic rings. The van der Waals surface area contributed by atoms with E-state index in [0.717, 1.165) is 11.3 Å². The van der Waals surface area contributed by atoms with Crippen LogP contribution in [0.1, 0.15) is 47.1 Å². The van der Waals surface area contributed by atoms with E-state index < -0.39 is 17.2 Å². The smallest absolute Gasteiger partial charge is 0.408 e. The van der Waals surface area contributed by atoms with Crippen molar-refractivity contribution >= 4 is 36.0 Å². The van der Waals surface area contributed by atoms with Gasteiger partial charge in [0.1, 0.15) is 11.4 Å². The molecule has 1 aromatic carbocycles. The lowest BCUT2D eigenvalue weighted by Crippen LogP contribution is -2.54. The Labute approximate surface area is 186 Å². The quantitative estimate of drug-likeness (QED) is 0.299. The second kappa shape index (κ2) is 12.0. The van der Waals surface area contributed by atoms with Crippen molar-refractivity contribution in [3.8, 4) is 5.75 Å². The number of carbonyl (C=O) groups excluding carboxylic acids is 1. The second-order valence-corrected chi connectivity index (χ2v) is 7.83. The number of carbonyl (C=O) groups is 1. The zero-order valence-electron chi connectivity index (χ0n) is 18.0. The van der Waals surface area contributed by atoms with Gasteiger partial charge in [0.05, 0.1) is 12.1 Å². The predicted molar refractivity (Wildman–Crippen MR) is 125 cm³/mol. The van der Waals surface area contributed by atoms with Gasteiger partial charge in [-0.1, -0.05) is 18.2 Å². The zero-order valence-corrected chi connectivity index (χ0v) is 20.3. The zero-order chi connectivity index (χ0) is 20.5. The molecule has 3 N–H and O–H groups in total. The van der Waals surface area contributed by atoms with Crippen LogP contribution in [0.5, 0.6) is 5.75 Å². The Morgan fingerprint density at radius 3 is 2.32 bits per heavy atom. The second-order valence-electron chi connectivity index (χ2n) is 7.83. The third kappa shape index (κ3) is 10.6. The van der Waals surface area contributed by atoms with Crippen molar-refractivity contribution in [1.82, 2.24) is 16.0 Å². The van der Waals surface area contributed by atoms with Gasteiger partial charge in [-0.05, 0) is 47.6 Å². The molecule has 0 unspecified atom stereocenters. The van der Waals surface area contributed by atoms with Gasteiger partial charge in [-0.25, -0.2) is 4.79 Å². The summed E-state index contributed by atoms with van der Waals surface area (Å²) < 4.78 is 10.9. The van der Waals surface area contributed by atoms with Crippen LogP contribution >= 0.6 is 24.0 Å². The lowest BCUT2D eigenvalue weighted by molar-refractivity contribution is 0.0474. The summed E-state index contributed by atoms with van der Waals surface area (Å²) in [7, 11) is 1.71. The maximum Gasteiger partial charge on any atom is 0.408 e. The van der Waals surface area contributed by atoms with Crippen molar-refractivity contribution in [1.29, 1.82) is 0 Å². The minimum absolute atomic E-state index is 0. The third-order valence-electron chi connectivity index (χ3n) is 3.48. The number of para-hydroxylation sites is 1. The number of aliphatic imine (C=N–C) groups is 1. The highest BCUT2D eigenvalue weighted by atomic mass is 127. The van der Waals surface area contributed by atoms with Crippen molar-refractivity contribution in [3.05, 3.63) is 29.8 Å². The predicted octanol–water partition coefficient (Wildman–Crippen LogP) is 3.67. The highest BCUT2D eigenvalue weighted by molar-refractivity contribution is 14.0. The molecule has 0 radical (unpaired) electrons. The molecule has 7 nitrogen and oxygen atoms in total. The fourth-order valence-electron chi connectivity index (χ4n) is 2.27. The number of rotatable bonds is 7. The first-order valence-electron chi connectivity index (χ1n) is 9.22. The van der Waals surface area contributed by atoms with E-state index in [2.05, 4.69) is 20.9 Å². The fraction of sp³-hybridized carbons (Fsp3) is 0.600. The van der Waals surface area contributed by atoms with Gasteiger partial charge in [0.15, 0.2) is 5.96 Å². The molecule has 0 saturated heterocycles. The number of nitrogens with zero attached hydrogens (tertiary/aromatic N) is 1. The van der Waals surface area contributed by atoms with Crippen LogP contribution in [0.25, 0.3) is 0 Å². The molecule has 0 spiro atoms. The molecule has 8 heteroatoms. The van der Waals surface area contributed by atoms with E-state index in [0.29, 0.717) is 25.7 Å². The normalized spacial score (nSPS) is 11.9. The van der Waals surface area contributed by atoms with E-state index in [1.807, 2.05) is 65.8 Å². The molecule has 1 amide bonds. The maximum atomic E-state index is 12.0. The van der Waals surface area contributed by atoms with Crippen LogP contribution in [-0.4, -0.2) is 43.4 Å². The number of guanidine groups is 1. The molecule has 1 rings (SSSR count). The summed E-state index contributed by atoms with van der Waals surface area (Å²) in [5.41, 5.74) is 0.0101. The molecule has 0 saturated carbocycles. The molecule has 0 aromatic heterocycles. The molecular weight excluding hydrogens is 471 g/mol. The minimum Gasteiger partial charge on any atom is -0.494 e. The van der Waals surface area contributed by atoms with Crippen LogP contribution in [-0.2, 0) is 11.3 Å². The Bertz CT molecular complexity index is 643. The van der Waals surface area contributed by atoms with Crippen LogP contribution in [0.2, 0.25) is 0 Å². The van der Waals surface area contributed by atoms with Gasteiger partial charge in [0.25, 0.3) is 0 Å². The first kappa shape index (κ1) is 26.3. The Morgan fingerprint density at radius 1 is 1.11 bits per heavy atom. The Balaban J connectivity index is 0.00000729. The van der Waals surface area contributed by atoms with Gasteiger partial charge >= 0.3 is 6.09 Å². The molecule has 0 fully saturated rings. The lowest BCUT2D eigenvalue weighted by Gasteiger charge is -2.29. The van der Waals surface area contributed by atoms with E-state index in [-0.39, 0.29) is 24.0 Å². The summed E-state index contributed by atoms with van der Waals surface area (Å²) in [6.07, 6.45) is -0.442. The Kier molecular flexibility index (Phi) is 11.2. The molecule has 0 heterocycles. The summed E-state index contributed by atoms with van der Waals surface area (Å²) in [4.78, 5) is 16.2. The minimum atomic E-state index is -0.529. The average molecular weight is 506 g/mol. The van der Waals surface area contributed by atoms with Gasteiger partial charge < -0.3 is 25.4 Å². The molecule has 0 aliphatic heterocycles. The van der Waals surface area contributed by atoms with Gasteiger partial charge in [-0.15, -0.1) is 24.0 Å². The van der Waals surface area contributed by atoms with E-state index in [1.165, 1.54) is 0 Å². The topological polar surface area (TPSA) is 84.0 Å². The first-order chi connectivity index (χ1) is 12.6. The largest absolute Gasteiger partial charge is 0.494 e. The number of amides is 1. The highest BCUT2D eigenvalue weighted by Crippen LogP contribution is 2.17. The molecule has 0 aliphatic carbocycles. The van der Waals surface area contributed by atoms with Crippen LogP contribution in [0, 0.1) is 0 Å². The van der Waals surface area contributed by atoms with Crippen molar-refractivity contribution in [2.24, 2.45) is 4.99 Å². The third-order valence-corrected chi connectivity index (χ3v) is 3.48. The van der Waals surface area contributed by atoms with Crippen molar-refractivity contribution in [2.45, 2.75) is 59.2 Å². The van der Waals surface area contributed by atoms with Gasteiger partial charge in [-0.2, -0.15) is 0 Å². The van der Waals surface area contributed by atoms with Gasteiger partial charge in [0, 0.05) is 25.7 Å².